The van der Waals surface area contributed by atoms with Crippen molar-refractivity contribution in [3.05, 3.63) is 35.4 Å². The highest BCUT2D eigenvalue weighted by molar-refractivity contribution is 6.03. The number of rotatable bonds is 2. The molecule has 1 aromatic carbocycles. The predicted molar refractivity (Wildman–Crippen MR) is 102 cm³/mol. The summed E-state index contributed by atoms with van der Waals surface area (Å²) in [5.41, 5.74) is 2.31. The minimum Gasteiger partial charge on any atom is -0.340 e. The van der Waals surface area contributed by atoms with E-state index >= 15 is 0 Å². The molecule has 0 saturated carbocycles. The molecule has 0 spiro atoms. The van der Waals surface area contributed by atoms with Gasteiger partial charge in [0.05, 0.1) is 0 Å². The number of carbonyl (C=O) groups excluding carboxylic acids is 2. The van der Waals surface area contributed by atoms with E-state index in [1.54, 1.807) is 7.05 Å². The monoisotopic (exact) mass is 370 g/mol. The Morgan fingerprint density at radius 3 is 2.59 bits per heavy atom. The molecule has 27 heavy (non-hydrogen) atoms. The summed E-state index contributed by atoms with van der Waals surface area (Å²) < 4.78 is 0. The number of benzene rings is 1. The van der Waals surface area contributed by atoms with Crippen molar-refractivity contribution in [1.29, 1.82) is 0 Å². The fourth-order valence-electron chi connectivity index (χ4n) is 3.96. The third-order valence-electron chi connectivity index (χ3n) is 5.56. The van der Waals surface area contributed by atoms with Gasteiger partial charge in [-0.15, -0.1) is 0 Å². The van der Waals surface area contributed by atoms with Gasteiger partial charge in [0.25, 0.3) is 5.91 Å². The van der Waals surface area contributed by atoms with Gasteiger partial charge in [0, 0.05) is 39.8 Å². The zero-order chi connectivity index (χ0) is 19.1. The van der Waals surface area contributed by atoms with E-state index in [2.05, 4.69) is 52.2 Å². The number of hydrogen-bond donors (Lipinski definition) is 1. The minimum atomic E-state index is -0.497. The lowest BCUT2D eigenvalue weighted by molar-refractivity contribution is -0.127. The number of fused-ring (bicyclic) bond motifs is 1. The first-order valence-electron chi connectivity index (χ1n) is 9.35. The van der Waals surface area contributed by atoms with E-state index in [0.717, 1.165) is 37.7 Å². The van der Waals surface area contributed by atoms with Crippen molar-refractivity contribution in [3.8, 4) is 0 Å². The Balaban J connectivity index is 1.66. The maximum atomic E-state index is 12.7. The van der Waals surface area contributed by atoms with Gasteiger partial charge in [-0.05, 0) is 19.5 Å². The molecule has 2 unspecified atom stereocenters. The van der Waals surface area contributed by atoms with Crippen molar-refractivity contribution < 1.29 is 9.59 Å². The molecule has 3 aliphatic rings. The van der Waals surface area contributed by atoms with E-state index in [1.807, 2.05) is 6.07 Å². The fraction of sp³-hybridized carbons (Fsp3) is 0.526. The number of piperazine rings is 1. The van der Waals surface area contributed by atoms with E-state index in [-0.39, 0.29) is 11.9 Å². The third kappa shape index (κ3) is 3.25. The molecule has 144 valence electrons. The molecule has 3 aliphatic heterocycles. The standard InChI is InChI=1S/C19H26N6O2/c1-13-5-4-6-14(11-13)12-25-15-16(23(3)19(27)21-17(15)26)20-18(25)24-9-7-22(2)8-10-24/h4-6,11,15-16H,7-10,12H2,1-3H3,(H,21,26,27). The minimum absolute atomic E-state index is 0.274. The molecule has 3 amide bonds. The van der Waals surface area contributed by atoms with Crippen molar-refractivity contribution in [2.75, 3.05) is 40.3 Å². The van der Waals surface area contributed by atoms with Crippen LogP contribution in [0.15, 0.2) is 29.3 Å². The van der Waals surface area contributed by atoms with Gasteiger partial charge in [-0.3, -0.25) is 10.1 Å². The van der Waals surface area contributed by atoms with Crippen LogP contribution in [0.5, 0.6) is 0 Å². The van der Waals surface area contributed by atoms with E-state index < -0.39 is 12.2 Å². The van der Waals surface area contributed by atoms with Gasteiger partial charge >= 0.3 is 6.03 Å². The van der Waals surface area contributed by atoms with E-state index in [1.165, 1.54) is 10.5 Å². The molecule has 0 aliphatic carbocycles. The van der Waals surface area contributed by atoms with Crippen LogP contribution in [-0.2, 0) is 11.3 Å². The van der Waals surface area contributed by atoms with Crippen LogP contribution < -0.4 is 5.32 Å². The normalized spacial score (nSPS) is 26.2. The summed E-state index contributed by atoms with van der Waals surface area (Å²) in [6, 6.07) is 7.40. The number of aliphatic imine (C=N–C) groups is 1. The van der Waals surface area contributed by atoms with Gasteiger partial charge in [0.15, 0.2) is 18.2 Å². The smallest absolute Gasteiger partial charge is 0.325 e. The summed E-state index contributed by atoms with van der Waals surface area (Å²) in [5.74, 6) is 0.542. The second-order valence-electron chi connectivity index (χ2n) is 7.60. The Bertz CT molecular complexity index is 786. The van der Waals surface area contributed by atoms with Gasteiger partial charge in [-0.25, -0.2) is 9.79 Å². The Kier molecular flexibility index (Phi) is 4.51. The third-order valence-corrected chi connectivity index (χ3v) is 5.56. The largest absolute Gasteiger partial charge is 0.340 e. The lowest BCUT2D eigenvalue weighted by Crippen LogP contribution is -2.64. The first-order valence-corrected chi connectivity index (χ1v) is 9.35. The van der Waals surface area contributed by atoms with Crippen LogP contribution in [-0.4, -0.2) is 90.0 Å². The van der Waals surface area contributed by atoms with Gasteiger partial charge in [0.1, 0.15) is 0 Å². The van der Waals surface area contributed by atoms with Crippen LogP contribution >= 0.6 is 0 Å². The topological polar surface area (TPSA) is 71.5 Å². The molecule has 2 saturated heterocycles. The van der Waals surface area contributed by atoms with Crippen molar-refractivity contribution in [3.63, 3.8) is 0 Å². The van der Waals surface area contributed by atoms with Crippen LogP contribution in [0.2, 0.25) is 0 Å². The van der Waals surface area contributed by atoms with E-state index in [9.17, 15) is 9.59 Å². The number of likely N-dealkylation sites (N-methyl/N-ethyl adjacent to an activating group) is 2. The highest BCUT2D eigenvalue weighted by Crippen LogP contribution is 2.27. The number of amides is 3. The Morgan fingerprint density at radius 1 is 1.15 bits per heavy atom. The molecular weight excluding hydrogens is 344 g/mol. The zero-order valence-electron chi connectivity index (χ0n) is 16.1. The lowest BCUT2D eigenvalue weighted by atomic mass is 10.1. The van der Waals surface area contributed by atoms with Gasteiger partial charge in [-0.1, -0.05) is 29.8 Å². The number of hydrogen-bond acceptors (Lipinski definition) is 6. The number of guanidine groups is 1. The Morgan fingerprint density at radius 2 is 1.89 bits per heavy atom. The summed E-state index contributed by atoms with van der Waals surface area (Å²) in [6.45, 7) is 6.27. The number of urea groups is 1. The SMILES string of the molecule is Cc1cccc(CN2C(N3CCN(C)CC3)=NC3C2C(=O)NC(=O)N3C)c1. The summed E-state index contributed by atoms with van der Waals surface area (Å²) in [5, 5.41) is 2.46. The number of aryl methyl sites for hydroxylation is 1. The summed E-state index contributed by atoms with van der Waals surface area (Å²) in [7, 11) is 3.80. The molecule has 8 nitrogen and oxygen atoms in total. The van der Waals surface area contributed by atoms with Gasteiger partial charge in [0.2, 0.25) is 0 Å². The molecule has 3 heterocycles. The zero-order valence-corrected chi connectivity index (χ0v) is 16.1. The number of nitrogens with one attached hydrogen (secondary N) is 1. The van der Waals surface area contributed by atoms with Crippen molar-refractivity contribution in [2.45, 2.75) is 25.7 Å². The van der Waals surface area contributed by atoms with Crippen LogP contribution in [0.1, 0.15) is 11.1 Å². The summed E-state index contributed by atoms with van der Waals surface area (Å²) in [6.07, 6.45) is -0.481. The molecule has 0 aromatic heterocycles. The molecule has 2 fully saturated rings. The molecular formula is C19H26N6O2. The number of imide groups is 1. The molecule has 0 radical (unpaired) electrons. The van der Waals surface area contributed by atoms with Crippen molar-refractivity contribution in [1.82, 2.24) is 24.9 Å². The second-order valence-corrected chi connectivity index (χ2v) is 7.60. The molecule has 4 rings (SSSR count). The highest BCUT2D eigenvalue weighted by Gasteiger charge is 2.49. The lowest BCUT2D eigenvalue weighted by Gasteiger charge is -2.39. The summed E-state index contributed by atoms with van der Waals surface area (Å²) in [4.78, 5) is 37.7. The average molecular weight is 370 g/mol. The molecule has 0 bridgehead atoms. The number of nitrogens with zero attached hydrogens (tertiary/aromatic N) is 5. The first-order chi connectivity index (χ1) is 12.9. The predicted octanol–water partition coefficient (Wildman–Crippen LogP) is 0.290. The molecule has 1 N–H and O–H groups in total. The maximum Gasteiger partial charge on any atom is 0.325 e. The fourth-order valence-corrected chi connectivity index (χ4v) is 3.96. The molecule has 1 aromatic rings. The van der Waals surface area contributed by atoms with Crippen LogP contribution in [0.4, 0.5) is 4.79 Å². The van der Waals surface area contributed by atoms with E-state index in [4.69, 9.17) is 4.99 Å². The second kappa shape index (κ2) is 6.84. The van der Waals surface area contributed by atoms with Gasteiger partial charge < -0.3 is 19.6 Å². The first kappa shape index (κ1) is 17.8. The number of carbonyl (C=O) groups is 2. The molecule has 2 atom stereocenters. The van der Waals surface area contributed by atoms with E-state index in [0.29, 0.717) is 6.54 Å². The highest BCUT2D eigenvalue weighted by atomic mass is 16.2. The van der Waals surface area contributed by atoms with Crippen molar-refractivity contribution in [2.24, 2.45) is 4.99 Å². The van der Waals surface area contributed by atoms with Crippen molar-refractivity contribution >= 4 is 17.9 Å². The van der Waals surface area contributed by atoms with Crippen LogP contribution in [0, 0.1) is 6.92 Å². The maximum absolute atomic E-state index is 12.7. The van der Waals surface area contributed by atoms with Crippen LogP contribution in [0.3, 0.4) is 0 Å². The molecule has 8 heteroatoms. The Hall–Kier alpha value is -2.61. The quantitative estimate of drug-likeness (QED) is 0.810. The van der Waals surface area contributed by atoms with Gasteiger partial charge in [-0.2, -0.15) is 0 Å². The van der Waals surface area contributed by atoms with Crippen LogP contribution in [0.25, 0.3) is 0 Å². The summed E-state index contributed by atoms with van der Waals surface area (Å²) >= 11 is 0. The Labute approximate surface area is 159 Å². The average Bonchev–Trinajstić information content (AvgIpc) is 3.00.